The largest absolute Gasteiger partial charge is 0.355 e. The summed E-state index contributed by atoms with van der Waals surface area (Å²) >= 11 is 0. The van der Waals surface area contributed by atoms with Gasteiger partial charge in [-0.1, -0.05) is 5.21 Å². The molecule has 0 radical (unpaired) electrons. The molecule has 134 valence electrons. The average Bonchev–Trinajstić information content (AvgIpc) is 3.34. The highest BCUT2D eigenvalue weighted by atomic mass is 16.1. The van der Waals surface area contributed by atoms with Crippen molar-refractivity contribution in [3.05, 3.63) is 48.7 Å². The summed E-state index contributed by atoms with van der Waals surface area (Å²) in [6.07, 6.45) is 10.3. The number of carbonyl (C=O) groups is 1. The fourth-order valence-corrected chi connectivity index (χ4v) is 3.27. The van der Waals surface area contributed by atoms with Crippen LogP contribution in [-0.2, 0) is 7.05 Å². The number of piperidine rings is 1. The minimum atomic E-state index is -0.128. The van der Waals surface area contributed by atoms with E-state index < -0.39 is 0 Å². The first-order chi connectivity index (χ1) is 12.7. The Kier molecular flexibility index (Phi) is 4.34. The van der Waals surface area contributed by atoms with Crippen LogP contribution in [0.1, 0.15) is 23.2 Å². The molecule has 4 rings (SSSR count). The monoisotopic (exact) mass is 352 g/mol. The Morgan fingerprint density at radius 1 is 1.31 bits per heavy atom. The quantitative estimate of drug-likeness (QED) is 0.746. The molecule has 0 saturated carbocycles. The lowest BCUT2D eigenvalue weighted by atomic mass is 10.1. The zero-order valence-corrected chi connectivity index (χ0v) is 14.5. The smallest absolute Gasteiger partial charge is 0.253 e. The predicted octanol–water partition coefficient (Wildman–Crippen LogP) is 0.795. The number of hydrogen-bond acceptors (Lipinski definition) is 6. The number of hydrogen-bond donors (Lipinski definition) is 1. The molecule has 3 aromatic rings. The topological polar surface area (TPSA) is 93.8 Å². The molecule has 9 heteroatoms. The highest BCUT2D eigenvalue weighted by Gasteiger charge is 2.23. The molecular formula is C17H20N8O. The average molecular weight is 352 g/mol. The zero-order valence-electron chi connectivity index (χ0n) is 14.5. The van der Waals surface area contributed by atoms with Gasteiger partial charge < -0.3 is 10.2 Å². The molecule has 1 amide bonds. The summed E-state index contributed by atoms with van der Waals surface area (Å²) < 4.78 is 3.43. The Morgan fingerprint density at radius 3 is 3.00 bits per heavy atom. The first kappa shape index (κ1) is 16.2. The second kappa shape index (κ2) is 6.95. The van der Waals surface area contributed by atoms with E-state index in [1.807, 2.05) is 17.8 Å². The molecule has 3 aromatic heterocycles. The van der Waals surface area contributed by atoms with Crippen molar-refractivity contribution in [1.82, 2.24) is 35.1 Å². The van der Waals surface area contributed by atoms with Gasteiger partial charge in [-0.05, 0) is 18.9 Å². The molecule has 1 atom stereocenters. The van der Waals surface area contributed by atoms with Gasteiger partial charge >= 0.3 is 0 Å². The van der Waals surface area contributed by atoms with Gasteiger partial charge in [0.05, 0.1) is 36.0 Å². The van der Waals surface area contributed by atoms with Crippen molar-refractivity contribution in [2.24, 2.45) is 7.05 Å². The van der Waals surface area contributed by atoms with Gasteiger partial charge in [0.25, 0.3) is 5.91 Å². The summed E-state index contributed by atoms with van der Waals surface area (Å²) in [5.41, 5.74) is 1.21. The second-order valence-electron chi connectivity index (χ2n) is 6.35. The Hall–Kier alpha value is -3.23. The molecule has 1 N–H and O–H groups in total. The molecule has 1 aliphatic heterocycles. The first-order valence-corrected chi connectivity index (χ1v) is 8.56. The van der Waals surface area contributed by atoms with Crippen LogP contribution in [0.5, 0.6) is 0 Å². The third-order valence-electron chi connectivity index (χ3n) is 4.55. The molecule has 0 aromatic carbocycles. The number of rotatable bonds is 4. The van der Waals surface area contributed by atoms with Crippen LogP contribution in [0.25, 0.3) is 5.69 Å². The normalized spacial score (nSPS) is 17.3. The van der Waals surface area contributed by atoms with E-state index in [1.165, 1.54) is 0 Å². The number of aryl methyl sites for hydroxylation is 1. The van der Waals surface area contributed by atoms with E-state index in [1.54, 1.807) is 41.7 Å². The van der Waals surface area contributed by atoms with E-state index in [9.17, 15) is 4.79 Å². The van der Waals surface area contributed by atoms with Crippen molar-refractivity contribution < 1.29 is 4.79 Å². The maximum absolute atomic E-state index is 12.7. The van der Waals surface area contributed by atoms with E-state index >= 15 is 0 Å². The number of nitrogens with one attached hydrogen (secondary N) is 1. The summed E-state index contributed by atoms with van der Waals surface area (Å²) in [7, 11) is 1.93. The number of aromatic nitrogens is 6. The summed E-state index contributed by atoms with van der Waals surface area (Å²) in [5.74, 6) is 0.940. The van der Waals surface area contributed by atoms with Gasteiger partial charge in [0, 0.05) is 38.4 Å². The first-order valence-electron chi connectivity index (χ1n) is 8.56. The summed E-state index contributed by atoms with van der Waals surface area (Å²) in [6.45, 7) is 1.73. The fourth-order valence-electron chi connectivity index (χ4n) is 3.27. The van der Waals surface area contributed by atoms with Gasteiger partial charge in [0.2, 0.25) is 0 Å². The van der Waals surface area contributed by atoms with Crippen LogP contribution in [0.4, 0.5) is 5.82 Å². The third-order valence-corrected chi connectivity index (χ3v) is 4.55. The van der Waals surface area contributed by atoms with E-state index in [2.05, 4.69) is 30.6 Å². The Bertz CT molecular complexity index is 888. The van der Waals surface area contributed by atoms with Crippen molar-refractivity contribution in [2.75, 3.05) is 18.0 Å². The number of amides is 1. The number of carbonyl (C=O) groups excluding carboxylic acids is 1. The van der Waals surface area contributed by atoms with Gasteiger partial charge in [-0.2, -0.15) is 5.10 Å². The van der Waals surface area contributed by atoms with Gasteiger partial charge in [0.1, 0.15) is 5.82 Å². The van der Waals surface area contributed by atoms with E-state index in [0.717, 1.165) is 31.7 Å². The van der Waals surface area contributed by atoms with Crippen LogP contribution in [-0.4, -0.2) is 54.8 Å². The second-order valence-corrected chi connectivity index (χ2v) is 6.35. The van der Waals surface area contributed by atoms with Crippen molar-refractivity contribution in [3.8, 4) is 5.69 Å². The van der Waals surface area contributed by atoms with Crippen LogP contribution in [0.15, 0.2) is 43.1 Å². The molecule has 1 aliphatic rings. The lowest BCUT2D eigenvalue weighted by Crippen LogP contribution is -2.48. The van der Waals surface area contributed by atoms with Crippen molar-refractivity contribution in [1.29, 1.82) is 0 Å². The maximum Gasteiger partial charge on any atom is 0.253 e. The summed E-state index contributed by atoms with van der Waals surface area (Å²) in [5, 5.41) is 15.1. The molecule has 1 unspecified atom stereocenters. The molecular weight excluding hydrogens is 332 g/mol. The molecule has 1 fully saturated rings. The van der Waals surface area contributed by atoms with Crippen molar-refractivity contribution in [2.45, 2.75) is 18.9 Å². The van der Waals surface area contributed by atoms with E-state index in [0.29, 0.717) is 11.3 Å². The number of nitrogens with zero attached hydrogens (tertiary/aromatic N) is 7. The number of pyridine rings is 1. The zero-order chi connectivity index (χ0) is 17.9. The molecule has 0 bridgehead atoms. The highest BCUT2D eigenvalue weighted by molar-refractivity contribution is 5.94. The minimum Gasteiger partial charge on any atom is -0.355 e. The Morgan fingerprint density at radius 2 is 2.23 bits per heavy atom. The van der Waals surface area contributed by atoms with Crippen molar-refractivity contribution in [3.63, 3.8) is 0 Å². The van der Waals surface area contributed by atoms with E-state index in [4.69, 9.17) is 0 Å². The summed E-state index contributed by atoms with van der Waals surface area (Å²) in [6, 6.07) is 3.84. The fraction of sp³-hybridized carbons (Fsp3) is 0.353. The Balaban J connectivity index is 1.45. The third kappa shape index (κ3) is 3.28. The minimum absolute atomic E-state index is 0.0844. The molecule has 1 saturated heterocycles. The van der Waals surface area contributed by atoms with Crippen LogP contribution < -0.4 is 10.2 Å². The molecule has 0 spiro atoms. The predicted molar refractivity (Wildman–Crippen MR) is 95.1 cm³/mol. The highest BCUT2D eigenvalue weighted by Crippen LogP contribution is 2.19. The number of anilines is 1. The molecule has 26 heavy (non-hydrogen) atoms. The Labute approximate surface area is 150 Å². The molecule has 4 heterocycles. The van der Waals surface area contributed by atoms with Crippen LogP contribution in [0, 0.1) is 0 Å². The van der Waals surface area contributed by atoms with Crippen LogP contribution >= 0.6 is 0 Å². The van der Waals surface area contributed by atoms with E-state index in [-0.39, 0.29) is 11.9 Å². The standard InChI is InChI=1S/C17H20N8O/c1-23-16(4-5-20-23)24-7-2-3-14(12-24)21-17(26)13-9-15(11-18-10-13)25-8-6-19-22-25/h4-6,8-11,14H,2-3,7,12H2,1H3,(H,21,26). The van der Waals surface area contributed by atoms with Gasteiger partial charge in [-0.3, -0.25) is 14.5 Å². The molecule has 0 aliphatic carbocycles. The van der Waals surface area contributed by atoms with Gasteiger partial charge in [-0.25, -0.2) is 4.68 Å². The lowest BCUT2D eigenvalue weighted by molar-refractivity contribution is 0.0932. The SMILES string of the molecule is Cn1nccc1N1CCCC(NC(=O)c2cncc(-n3ccnn3)c2)C1. The van der Waals surface area contributed by atoms with Gasteiger partial charge in [0.15, 0.2) is 0 Å². The van der Waals surface area contributed by atoms with Gasteiger partial charge in [-0.15, -0.1) is 5.10 Å². The lowest BCUT2D eigenvalue weighted by Gasteiger charge is -2.34. The van der Waals surface area contributed by atoms with Crippen LogP contribution in [0.3, 0.4) is 0 Å². The van der Waals surface area contributed by atoms with Crippen LogP contribution in [0.2, 0.25) is 0 Å². The maximum atomic E-state index is 12.7. The summed E-state index contributed by atoms with van der Waals surface area (Å²) in [4.78, 5) is 19.1. The molecule has 9 nitrogen and oxygen atoms in total. The van der Waals surface area contributed by atoms with Crippen molar-refractivity contribution >= 4 is 11.7 Å².